The first-order valence-electron chi connectivity index (χ1n) is 8.36. The smallest absolute Gasteiger partial charge is 0.245 e. The van der Waals surface area contributed by atoms with Crippen LogP contribution in [0.3, 0.4) is 0 Å². The largest absolute Gasteiger partial charge is 0.385 e. The third-order valence-electron chi connectivity index (χ3n) is 4.48. The summed E-state index contributed by atoms with van der Waals surface area (Å²) in [5.74, 6) is -0.919. The maximum atomic E-state index is 13.8. The Hall–Kier alpha value is -1.51. The fourth-order valence-corrected chi connectivity index (χ4v) is 4.54. The molecule has 8 heteroatoms. The van der Waals surface area contributed by atoms with Crippen molar-refractivity contribution in [2.75, 3.05) is 40.4 Å². The molecule has 1 aromatic rings. The van der Waals surface area contributed by atoms with E-state index in [1.54, 1.807) is 19.1 Å². The van der Waals surface area contributed by atoms with Crippen LogP contribution in [0, 0.1) is 11.7 Å². The molecule has 0 aromatic heterocycles. The second kappa shape index (κ2) is 8.73. The van der Waals surface area contributed by atoms with E-state index in [4.69, 9.17) is 4.74 Å². The first-order valence-corrected chi connectivity index (χ1v) is 9.80. The van der Waals surface area contributed by atoms with Crippen LogP contribution in [0.15, 0.2) is 29.2 Å². The van der Waals surface area contributed by atoms with Crippen LogP contribution in [-0.2, 0) is 19.6 Å². The molecule has 1 aliphatic heterocycles. The van der Waals surface area contributed by atoms with Crippen LogP contribution in [0.2, 0.25) is 0 Å². The summed E-state index contributed by atoms with van der Waals surface area (Å²) >= 11 is 0. The van der Waals surface area contributed by atoms with E-state index in [-0.39, 0.29) is 29.8 Å². The highest BCUT2D eigenvalue weighted by molar-refractivity contribution is 7.89. The molecule has 0 atom stereocenters. The Kier molecular flexibility index (Phi) is 6.92. The van der Waals surface area contributed by atoms with E-state index in [1.165, 1.54) is 22.5 Å². The van der Waals surface area contributed by atoms with E-state index < -0.39 is 15.8 Å². The Morgan fingerprint density at radius 2 is 1.96 bits per heavy atom. The van der Waals surface area contributed by atoms with Gasteiger partial charge in [-0.15, -0.1) is 0 Å². The number of methoxy groups -OCH3 is 1. The molecule has 6 nitrogen and oxygen atoms in total. The average Bonchev–Trinajstić information content (AvgIpc) is 2.61. The van der Waals surface area contributed by atoms with Crippen LogP contribution >= 0.6 is 0 Å². The van der Waals surface area contributed by atoms with Gasteiger partial charge in [0.05, 0.1) is 0 Å². The van der Waals surface area contributed by atoms with E-state index in [2.05, 4.69) is 0 Å². The standard InChI is InChI=1S/C17H25FN2O4S/c1-19(10-5-13-24-2)17(21)14-8-11-20(12-9-14)25(22,23)16-7-4-3-6-15(16)18/h3-4,6-7,14H,5,8-13H2,1-2H3. The first-order chi connectivity index (χ1) is 11.9. The second-order valence-electron chi connectivity index (χ2n) is 6.21. The predicted octanol–water partition coefficient (Wildman–Crippen LogP) is 1.72. The molecule has 1 amide bonds. The molecule has 1 aliphatic rings. The molecule has 0 aliphatic carbocycles. The normalized spacial score (nSPS) is 16.8. The molecular formula is C17H25FN2O4S. The molecule has 0 spiro atoms. The van der Waals surface area contributed by atoms with Crippen LogP contribution in [0.1, 0.15) is 19.3 Å². The number of carbonyl (C=O) groups is 1. The minimum atomic E-state index is -3.86. The SMILES string of the molecule is COCCCN(C)C(=O)C1CCN(S(=O)(=O)c2ccccc2F)CC1. The number of nitrogens with zero attached hydrogens (tertiary/aromatic N) is 2. The van der Waals surface area contributed by atoms with Gasteiger partial charge in [0.1, 0.15) is 10.7 Å². The zero-order valence-electron chi connectivity index (χ0n) is 14.7. The number of rotatable bonds is 7. The van der Waals surface area contributed by atoms with E-state index in [1.807, 2.05) is 0 Å². The number of hydrogen-bond acceptors (Lipinski definition) is 4. The molecule has 140 valence electrons. The summed E-state index contributed by atoms with van der Waals surface area (Å²) in [4.78, 5) is 13.8. The first kappa shape index (κ1) is 19.8. The van der Waals surface area contributed by atoms with Gasteiger partial charge in [0.25, 0.3) is 0 Å². The van der Waals surface area contributed by atoms with Crippen molar-refractivity contribution in [2.45, 2.75) is 24.2 Å². The van der Waals surface area contributed by atoms with Gasteiger partial charge in [0.2, 0.25) is 15.9 Å². The Bertz CT molecular complexity index is 688. The zero-order valence-corrected chi connectivity index (χ0v) is 15.5. The summed E-state index contributed by atoms with van der Waals surface area (Å²) < 4.78 is 45.2. The van der Waals surface area contributed by atoms with Crippen molar-refractivity contribution in [3.05, 3.63) is 30.1 Å². The highest BCUT2D eigenvalue weighted by atomic mass is 32.2. The quantitative estimate of drug-likeness (QED) is 0.684. The molecule has 0 N–H and O–H groups in total. The van der Waals surface area contributed by atoms with Crippen LogP contribution in [0.25, 0.3) is 0 Å². The molecule has 1 saturated heterocycles. The third kappa shape index (κ3) is 4.77. The molecule has 1 fully saturated rings. The number of amides is 1. The molecule has 0 unspecified atom stereocenters. The molecule has 0 bridgehead atoms. The lowest BCUT2D eigenvalue weighted by Crippen LogP contribution is -2.43. The summed E-state index contributed by atoms with van der Waals surface area (Å²) in [6, 6.07) is 5.36. The number of halogens is 1. The Morgan fingerprint density at radius 1 is 1.32 bits per heavy atom. The molecule has 2 rings (SSSR count). The Balaban J connectivity index is 1.95. The lowest BCUT2D eigenvalue weighted by molar-refractivity contribution is -0.135. The maximum Gasteiger partial charge on any atom is 0.245 e. The lowest BCUT2D eigenvalue weighted by atomic mass is 9.96. The van der Waals surface area contributed by atoms with Crippen molar-refractivity contribution >= 4 is 15.9 Å². The Labute approximate surface area is 148 Å². The van der Waals surface area contributed by atoms with Gasteiger partial charge < -0.3 is 9.64 Å². The fourth-order valence-electron chi connectivity index (χ4n) is 3.00. The van der Waals surface area contributed by atoms with E-state index in [9.17, 15) is 17.6 Å². The second-order valence-corrected chi connectivity index (χ2v) is 8.12. The molecular weight excluding hydrogens is 347 g/mol. The summed E-state index contributed by atoms with van der Waals surface area (Å²) in [5.41, 5.74) is 0. The number of carbonyl (C=O) groups excluding carboxylic acids is 1. The summed E-state index contributed by atoms with van der Waals surface area (Å²) in [7, 11) is -0.494. The van der Waals surface area contributed by atoms with E-state index in [0.717, 1.165) is 12.5 Å². The van der Waals surface area contributed by atoms with Gasteiger partial charge in [-0.3, -0.25) is 4.79 Å². The van der Waals surface area contributed by atoms with E-state index in [0.29, 0.717) is 26.0 Å². The van der Waals surface area contributed by atoms with Gasteiger partial charge in [0.15, 0.2) is 0 Å². The molecule has 0 saturated carbocycles. The zero-order chi connectivity index (χ0) is 18.4. The van der Waals surface area contributed by atoms with Crippen molar-refractivity contribution in [3.63, 3.8) is 0 Å². The Morgan fingerprint density at radius 3 is 2.56 bits per heavy atom. The van der Waals surface area contributed by atoms with Crippen LogP contribution in [0.5, 0.6) is 0 Å². The van der Waals surface area contributed by atoms with Gasteiger partial charge in [-0.1, -0.05) is 12.1 Å². The van der Waals surface area contributed by atoms with Crippen molar-refractivity contribution in [3.8, 4) is 0 Å². The number of sulfonamides is 1. The minimum Gasteiger partial charge on any atom is -0.385 e. The molecule has 1 aromatic carbocycles. The van der Waals surface area contributed by atoms with Crippen LogP contribution in [0.4, 0.5) is 4.39 Å². The summed E-state index contributed by atoms with van der Waals surface area (Å²) in [5, 5.41) is 0. The maximum absolute atomic E-state index is 13.8. The van der Waals surface area contributed by atoms with Gasteiger partial charge >= 0.3 is 0 Å². The highest BCUT2D eigenvalue weighted by Gasteiger charge is 2.34. The minimum absolute atomic E-state index is 0.0269. The molecule has 0 radical (unpaired) electrons. The lowest BCUT2D eigenvalue weighted by Gasteiger charge is -2.32. The van der Waals surface area contributed by atoms with Gasteiger partial charge in [-0.25, -0.2) is 12.8 Å². The van der Waals surface area contributed by atoms with Crippen molar-refractivity contribution in [1.29, 1.82) is 0 Å². The predicted molar refractivity (Wildman–Crippen MR) is 92.0 cm³/mol. The molecule has 1 heterocycles. The van der Waals surface area contributed by atoms with E-state index >= 15 is 0 Å². The number of benzene rings is 1. The van der Waals surface area contributed by atoms with Gasteiger partial charge in [-0.2, -0.15) is 4.31 Å². The monoisotopic (exact) mass is 372 g/mol. The summed E-state index contributed by atoms with van der Waals surface area (Å²) in [6.45, 7) is 1.65. The van der Waals surface area contributed by atoms with Crippen molar-refractivity contribution < 1.29 is 22.3 Å². The van der Waals surface area contributed by atoms with Gasteiger partial charge in [-0.05, 0) is 31.4 Å². The fraction of sp³-hybridized carbons (Fsp3) is 0.588. The molecule has 25 heavy (non-hydrogen) atoms. The topological polar surface area (TPSA) is 66.9 Å². The van der Waals surface area contributed by atoms with Gasteiger partial charge in [0, 0.05) is 46.3 Å². The van der Waals surface area contributed by atoms with Crippen LogP contribution in [-0.4, -0.2) is 63.9 Å². The van der Waals surface area contributed by atoms with Crippen LogP contribution < -0.4 is 0 Å². The number of hydrogen-bond donors (Lipinski definition) is 0. The number of piperidine rings is 1. The number of ether oxygens (including phenoxy) is 1. The van der Waals surface area contributed by atoms with Crippen molar-refractivity contribution in [1.82, 2.24) is 9.21 Å². The van der Waals surface area contributed by atoms with Crippen molar-refractivity contribution in [2.24, 2.45) is 5.92 Å². The average molecular weight is 372 g/mol. The third-order valence-corrected chi connectivity index (χ3v) is 6.41. The highest BCUT2D eigenvalue weighted by Crippen LogP contribution is 2.26. The summed E-state index contributed by atoms with van der Waals surface area (Å²) in [6.07, 6.45) is 1.65.